The number of amides is 1. The van der Waals surface area contributed by atoms with Crippen molar-refractivity contribution in [2.75, 3.05) is 0 Å². The SMILES string of the molecule is CC(=CC(C)C)C(=O)NN. The third-order valence-corrected chi connectivity index (χ3v) is 1.07. The van der Waals surface area contributed by atoms with Gasteiger partial charge in [-0.3, -0.25) is 10.2 Å². The van der Waals surface area contributed by atoms with Gasteiger partial charge in [0.25, 0.3) is 5.91 Å². The molecule has 3 heteroatoms. The van der Waals surface area contributed by atoms with Crippen LogP contribution in [-0.2, 0) is 4.79 Å². The van der Waals surface area contributed by atoms with Gasteiger partial charge in [-0.1, -0.05) is 19.9 Å². The number of hydrazine groups is 1. The van der Waals surface area contributed by atoms with Gasteiger partial charge in [-0.15, -0.1) is 0 Å². The van der Waals surface area contributed by atoms with E-state index < -0.39 is 0 Å². The molecule has 0 atom stereocenters. The zero-order valence-electron chi connectivity index (χ0n) is 6.64. The van der Waals surface area contributed by atoms with Crippen LogP contribution in [0.25, 0.3) is 0 Å². The first-order valence-corrected chi connectivity index (χ1v) is 3.27. The highest BCUT2D eigenvalue weighted by Crippen LogP contribution is 2.00. The lowest BCUT2D eigenvalue weighted by atomic mass is 10.1. The summed E-state index contributed by atoms with van der Waals surface area (Å²) in [5.74, 6) is 5.08. The van der Waals surface area contributed by atoms with Crippen molar-refractivity contribution in [2.45, 2.75) is 20.8 Å². The summed E-state index contributed by atoms with van der Waals surface area (Å²) >= 11 is 0. The van der Waals surface area contributed by atoms with E-state index in [1.807, 2.05) is 19.9 Å². The highest BCUT2D eigenvalue weighted by molar-refractivity contribution is 5.92. The molecule has 0 rings (SSSR count). The Morgan fingerprint density at radius 2 is 2.10 bits per heavy atom. The second kappa shape index (κ2) is 4.06. The zero-order valence-corrected chi connectivity index (χ0v) is 6.64. The molecular weight excluding hydrogens is 128 g/mol. The Labute approximate surface area is 61.3 Å². The fraction of sp³-hybridized carbons (Fsp3) is 0.571. The zero-order chi connectivity index (χ0) is 8.15. The first-order chi connectivity index (χ1) is 4.57. The smallest absolute Gasteiger partial charge is 0.260 e. The van der Waals surface area contributed by atoms with Gasteiger partial charge < -0.3 is 0 Å². The predicted molar refractivity (Wildman–Crippen MR) is 40.9 cm³/mol. The Hall–Kier alpha value is -0.830. The van der Waals surface area contributed by atoms with Crippen molar-refractivity contribution < 1.29 is 4.79 Å². The van der Waals surface area contributed by atoms with Crippen LogP contribution in [0.15, 0.2) is 11.6 Å². The van der Waals surface area contributed by atoms with Crippen molar-refractivity contribution in [2.24, 2.45) is 11.8 Å². The molecule has 3 N–H and O–H groups in total. The molecule has 0 saturated heterocycles. The van der Waals surface area contributed by atoms with Crippen LogP contribution in [0, 0.1) is 5.92 Å². The summed E-state index contributed by atoms with van der Waals surface area (Å²) in [7, 11) is 0. The van der Waals surface area contributed by atoms with Gasteiger partial charge in [0.05, 0.1) is 0 Å². The van der Waals surface area contributed by atoms with Crippen molar-refractivity contribution >= 4 is 5.91 Å². The first kappa shape index (κ1) is 9.17. The van der Waals surface area contributed by atoms with Crippen LogP contribution in [0.5, 0.6) is 0 Å². The molecule has 0 radical (unpaired) electrons. The van der Waals surface area contributed by atoms with Gasteiger partial charge in [0.2, 0.25) is 0 Å². The summed E-state index contributed by atoms with van der Waals surface area (Å²) in [5, 5.41) is 0. The van der Waals surface area contributed by atoms with Crippen LogP contribution in [-0.4, -0.2) is 5.91 Å². The summed E-state index contributed by atoms with van der Waals surface area (Å²) in [4.78, 5) is 10.7. The van der Waals surface area contributed by atoms with Gasteiger partial charge in [-0.2, -0.15) is 0 Å². The molecule has 0 fully saturated rings. The van der Waals surface area contributed by atoms with Crippen LogP contribution < -0.4 is 11.3 Å². The number of hydrogen-bond acceptors (Lipinski definition) is 2. The van der Waals surface area contributed by atoms with Gasteiger partial charge in [-0.05, 0) is 12.8 Å². The molecule has 0 unspecified atom stereocenters. The minimum absolute atomic E-state index is 0.214. The highest BCUT2D eigenvalue weighted by atomic mass is 16.2. The fourth-order valence-electron chi connectivity index (χ4n) is 0.690. The minimum Gasteiger partial charge on any atom is -0.290 e. The number of nitrogens with two attached hydrogens (primary N) is 1. The van der Waals surface area contributed by atoms with Crippen molar-refractivity contribution in [3.05, 3.63) is 11.6 Å². The highest BCUT2D eigenvalue weighted by Gasteiger charge is 2.00. The average Bonchev–Trinajstić information content (AvgIpc) is 1.85. The molecule has 0 aromatic carbocycles. The Morgan fingerprint density at radius 3 is 2.40 bits per heavy atom. The van der Waals surface area contributed by atoms with Crippen molar-refractivity contribution in [3.8, 4) is 0 Å². The van der Waals surface area contributed by atoms with Crippen LogP contribution in [0.4, 0.5) is 0 Å². The Kier molecular flexibility index (Phi) is 3.72. The average molecular weight is 142 g/mol. The Balaban J connectivity index is 4.05. The van der Waals surface area contributed by atoms with Crippen molar-refractivity contribution in [1.82, 2.24) is 5.43 Å². The van der Waals surface area contributed by atoms with Crippen molar-refractivity contribution in [1.29, 1.82) is 0 Å². The van der Waals surface area contributed by atoms with E-state index in [0.717, 1.165) is 0 Å². The Morgan fingerprint density at radius 1 is 1.60 bits per heavy atom. The molecule has 0 aliphatic heterocycles. The molecule has 58 valence electrons. The number of rotatable bonds is 2. The number of carbonyl (C=O) groups is 1. The molecule has 0 bridgehead atoms. The lowest BCUT2D eigenvalue weighted by Gasteiger charge is -2.00. The maximum Gasteiger partial charge on any atom is 0.260 e. The van der Waals surface area contributed by atoms with Gasteiger partial charge >= 0.3 is 0 Å². The number of hydrogen-bond donors (Lipinski definition) is 2. The minimum atomic E-state index is -0.214. The molecule has 0 heterocycles. The summed E-state index contributed by atoms with van der Waals surface area (Å²) in [6.45, 7) is 5.75. The quantitative estimate of drug-likeness (QED) is 0.256. The van der Waals surface area contributed by atoms with Gasteiger partial charge in [0.1, 0.15) is 0 Å². The molecule has 10 heavy (non-hydrogen) atoms. The molecule has 0 aliphatic rings. The molecule has 0 aromatic heterocycles. The van der Waals surface area contributed by atoms with E-state index in [2.05, 4.69) is 5.43 Å². The number of allylic oxidation sites excluding steroid dienone is 1. The van der Waals surface area contributed by atoms with Gasteiger partial charge in [0, 0.05) is 5.57 Å². The summed E-state index contributed by atoms with van der Waals surface area (Å²) < 4.78 is 0. The normalized spacial score (nSPS) is 11.9. The fourth-order valence-corrected chi connectivity index (χ4v) is 0.690. The number of carbonyl (C=O) groups excluding carboxylic acids is 1. The van der Waals surface area contributed by atoms with Crippen LogP contribution in [0.2, 0.25) is 0 Å². The van der Waals surface area contributed by atoms with E-state index in [9.17, 15) is 4.79 Å². The molecule has 0 aromatic rings. The summed E-state index contributed by atoms with van der Waals surface area (Å²) in [5.41, 5.74) is 2.73. The molecular formula is C7H14N2O. The molecule has 0 aliphatic carbocycles. The second-order valence-electron chi connectivity index (χ2n) is 2.57. The molecule has 3 nitrogen and oxygen atoms in total. The molecule has 1 amide bonds. The largest absolute Gasteiger partial charge is 0.290 e. The second-order valence-corrected chi connectivity index (χ2v) is 2.57. The lowest BCUT2D eigenvalue weighted by molar-refractivity contribution is -0.117. The Bertz CT molecular complexity index is 150. The van der Waals surface area contributed by atoms with E-state index in [4.69, 9.17) is 5.84 Å². The monoisotopic (exact) mass is 142 g/mol. The van der Waals surface area contributed by atoms with E-state index in [1.165, 1.54) is 0 Å². The van der Waals surface area contributed by atoms with E-state index in [0.29, 0.717) is 11.5 Å². The summed E-state index contributed by atoms with van der Waals surface area (Å²) in [6, 6.07) is 0. The number of nitrogens with one attached hydrogen (secondary N) is 1. The van der Waals surface area contributed by atoms with Gasteiger partial charge in [0.15, 0.2) is 0 Å². The predicted octanol–water partition coefficient (Wildman–Crippen LogP) is 0.579. The third-order valence-electron chi connectivity index (χ3n) is 1.07. The maximum atomic E-state index is 10.7. The van der Waals surface area contributed by atoms with Gasteiger partial charge in [-0.25, -0.2) is 5.84 Å². The standard InChI is InChI=1S/C7H14N2O/c1-5(2)4-6(3)7(10)9-8/h4-5H,8H2,1-3H3,(H,9,10). The van der Waals surface area contributed by atoms with Crippen molar-refractivity contribution in [3.63, 3.8) is 0 Å². The van der Waals surface area contributed by atoms with E-state index in [-0.39, 0.29) is 5.91 Å². The topological polar surface area (TPSA) is 55.1 Å². The van der Waals surface area contributed by atoms with E-state index >= 15 is 0 Å². The first-order valence-electron chi connectivity index (χ1n) is 3.27. The van der Waals surface area contributed by atoms with Crippen LogP contribution in [0.1, 0.15) is 20.8 Å². The third kappa shape index (κ3) is 3.25. The van der Waals surface area contributed by atoms with Crippen LogP contribution >= 0.6 is 0 Å². The molecule has 0 saturated carbocycles. The summed E-state index contributed by atoms with van der Waals surface area (Å²) in [6.07, 6.45) is 1.86. The lowest BCUT2D eigenvalue weighted by Crippen LogP contribution is -2.30. The van der Waals surface area contributed by atoms with Crippen LogP contribution in [0.3, 0.4) is 0 Å². The van der Waals surface area contributed by atoms with E-state index in [1.54, 1.807) is 6.92 Å². The maximum absolute atomic E-state index is 10.7. The molecule has 0 spiro atoms.